The third-order valence-corrected chi connectivity index (χ3v) is 5.75. The van der Waals surface area contributed by atoms with Crippen molar-refractivity contribution in [2.45, 2.75) is 51.6 Å². The summed E-state index contributed by atoms with van der Waals surface area (Å²) in [6, 6.07) is 8.90. The largest absolute Gasteiger partial charge is 0.480 e. The number of imide groups is 1. The highest BCUT2D eigenvalue weighted by Crippen LogP contribution is 2.50. The molecule has 1 aromatic carbocycles. The van der Waals surface area contributed by atoms with Crippen LogP contribution in [0.5, 0.6) is 0 Å². The number of fused-ring (bicyclic) bond motifs is 1. The fourth-order valence-corrected chi connectivity index (χ4v) is 4.66. The van der Waals surface area contributed by atoms with Crippen LogP contribution in [-0.4, -0.2) is 39.9 Å². The molecule has 2 saturated heterocycles. The highest BCUT2D eigenvalue weighted by atomic mass is 16.4. The van der Waals surface area contributed by atoms with E-state index in [4.69, 9.17) is 0 Å². The van der Waals surface area contributed by atoms with Gasteiger partial charge in [-0.2, -0.15) is 0 Å². The van der Waals surface area contributed by atoms with Crippen LogP contribution in [0.3, 0.4) is 0 Å². The standard InChI is InChI=1S/C21H28N2O4/c1-4-5-11-23-18(24)15-16(19(23)25)21(20(26)27,12-13(2)3)22-17(15)14-9-7-6-8-10-14/h6-10,13,15-17,22H,4-5,11-12H2,1-3H3,(H,26,27). The highest BCUT2D eigenvalue weighted by Gasteiger charge is 2.68. The molecular formula is C21H28N2O4. The van der Waals surface area contributed by atoms with Crippen LogP contribution in [0.1, 0.15) is 51.6 Å². The van der Waals surface area contributed by atoms with Crippen LogP contribution < -0.4 is 5.32 Å². The predicted molar refractivity (Wildman–Crippen MR) is 101 cm³/mol. The number of benzene rings is 1. The summed E-state index contributed by atoms with van der Waals surface area (Å²) in [4.78, 5) is 40.0. The number of unbranched alkanes of at least 4 members (excludes halogenated alkanes) is 1. The smallest absolute Gasteiger partial charge is 0.324 e. The lowest BCUT2D eigenvalue weighted by Gasteiger charge is -2.32. The number of aliphatic carboxylic acids is 1. The number of carbonyl (C=O) groups is 3. The minimum absolute atomic E-state index is 0.0661. The molecule has 0 aromatic heterocycles. The number of rotatable bonds is 7. The minimum Gasteiger partial charge on any atom is -0.480 e. The molecule has 6 heteroatoms. The number of amides is 2. The fraction of sp³-hybridized carbons (Fsp3) is 0.571. The summed E-state index contributed by atoms with van der Waals surface area (Å²) in [5.41, 5.74) is -0.578. The van der Waals surface area contributed by atoms with Gasteiger partial charge in [-0.25, -0.2) is 0 Å². The van der Waals surface area contributed by atoms with E-state index in [-0.39, 0.29) is 17.7 Å². The summed E-state index contributed by atoms with van der Waals surface area (Å²) in [6.07, 6.45) is 1.89. The molecule has 3 rings (SSSR count). The Morgan fingerprint density at radius 2 is 1.89 bits per heavy atom. The molecule has 27 heavy (non-hydrogen) atoms. The lowest BCUT2D eigenvalue weighted by Crippen LogP contribution is -2.56. The molecule has 0 radical (unpaired) electrons. The van der Waals surface area contributed by atoms with Gasteiger partial charge in [0.1, 0.15) is 5.54 Å². The Bertz CT molecular complexity index is 733. The Morgan fingerprint density at radius 1 is 1.22 bits per heavy atom. The molecular weight excluding hydrogens is 344 g/mol. The second kappa shape index (κ2) is 7.43. The average Bonchev–Trinajstić information content (AvgIpc) is 3.09. The second-order valence-corrected chi connectivity index (χ2v) is 8.09. The molecule has 2 N–H and O–H groups in total. The normalized spacial score (nSPS) is 30.2. The Hall–Kier alpha value is -2.21. The lowest BCUT2D eigenvalue weighted by atomic mass is 9.75. The molecule has 2 aliphatic rings. The van der Waals surface area contributed by atoms with E-state index in [1.807, 2.05) is 51.1 Å². The van der Waals surface area contributed by atoms with Crippen LogP contribution in [0.15, 0.2) is 30.3 Å². The van der Waals surface area contributed by atoms with Crippen molar-refractivity contribution in [2.24, 2.45) is 17.8 Å². The molecule has 4 unspecified atom stereocenters. The van der Waals surface area contributed by atoms with Gasteiger partial charge in [-0.1, -0.05) is 57.5 Å². The Kier molecular flexibility index (Phi) is 5.38. The van der Waals surface area contributed by atoms with Gasteiger partial charge in [0.2, 0.25) is 11.8 Å². The first-order valence-corrected chi connectivity index (χ1v) is 9.74. The molecule has 2 heterocycles. The van der Waals surface area contributed by atoms with Gasteiger partial charge in [-0.05, 0) is 24.3 Å². The topological polar surface area (TPSA) is 86.7 Å². The Balaban J connectivity index is 2.09. The summed E-state index contributed by atoms with van der Waals surface area (Å²) < 4.78 is 0. The minimum atomic E-state index is -1.42. The maximum Gasteiger partial charge on any atom is 0.324 e. The number of nitrogens with zero attached hydrogens (tertiary/aromatic N) is 1. The highest BCUT2D eigenvalue weighted by molar-refractivity contribution is 6.09. The molecule has 2 amide bonds. The van der Waals surface area contributed by atoms with Crippen molar-refractivity contribution in [3.8, 4) is 0 Å². The molecule has 2 aliphatic heterocycles. The van der Waals surface area contributed by atoms with Crippen molar-refractivity contribution < 1.29 is 19.5 Å². The van der Waals surface area contributed by atoms with Crippen molar-refractivity contribution >= 4 is 17.8 Å². The number of carboxylic acids is 1. The van der Waals surface area contributed by atoms with E-state index in [1.165, 1.54) is 4.90 Å². The maximum absolute atomic E-state index is 13.2. The van der Waals surface area contributed by atoms with Gasteiger partial charge in [0, 0.05) is 12.6 Å². The van der Waals surface area contributed by atoms with Crippen LogP contribution in [0.2, 0.25) is 0 Å². The summed E-state index contributed by atoms with van der Waals surface area (Å²) >= 11 is 0. The van der Waals surface area contributed by atoms with Crippen molar-refractivity contribution in [3.63, 3.8) is 0 Å². The van der Waals surface area contributed by atoms with Gasteiger partial charge in [0.25, 0.3) is 0 Å². The molecule has 1 aromatic rings. The van der Waals surface area contributed by atoms with Crippen LogP contribution in [0.4, 0.5) is 0 Å². The number of likely N-dealkylation sites (tertiary alicyclic amines) is 1. The first-order valence-electron chi connectivity index (χ1n) is 9.74. The first-order chi connectivity index (χ1) is 12.8. The molecule has 4 atom stereocenters. The van der Waals surface area contributed by atoms with Crippen molar-refractivity contribution in [1.29, 1.82) is 0 Å². The molecule has 0 spiro atoms. The van der Waals surface area contributed by atoms with E-state index in [1.54, 1.807) is 0 Å². The third kappa shape index (κ3) is 3.16. The Morgan fingerprint density at radius 3 is 2.44 bits per heavy atom. The van der Waals surface area contributed by atoms with E-state index in [9.17, 15) is 19.5 Å². The zero-order valence-electron chi connectivity index (χ0n) is 16.1. The average molecular weight is 372 g/mol. The van der Waals surface area contributed by atoms with Crippen molar-refractivity contribution in [1.82, 2.24) is 10.2 Å². The summed E-state index contributed by atoms with van der Waals surface area (Å²) in [5, 5.41) is 13.4. The SMILES string of the molecule is CCCCN1C(=O)C2C(c3ccccc3)NC(CC(C)C)(C(=O)O)C2C1=O. The molecule has 146 valence electrons. The maximum atomic E-state index is 13.2. The van der Waals surface area contributed by atoms with Gasteiger partial charge in [-0.15, -0.1) is 0 Å². The third-order valence-electron chi connectivity index (χ3n) is 5.75. The van der Waals surface area contributed by atoms with Crippen molar-refractivity contribution in [3.05, 3.63) is 35.9 Å². The summed E-state index contributed by atoms with van der Waals surface area (Å²) in [5.74, 6) is -3.11. The molecule has 6 nitrogen and oxygen atoms in total. The van der Waals surface area contributed by atoms with Crippen LogP contribution in [-0.2, 0) is 14.4 Å². The molecule has 2 fully saturated rings. The van der Waals surface area contributed by atoms with Crippen LogP contribution >= 0.6 is 0 Å². The van der Waals surface area contributed by atoms with E-state index in [0.717, 1.165) is 18.4 Å². The van der Waals surface area contributed by atoms with E-state index in [2.05, 4.69) is 5.32 Å². The Labute approximate surface area is 159 Å². The predicted octanol–water partition coefficient (Wildman–Crippen LogP) is 2.60. The number of carboxylic acid groups (broad SMARTS) is 1. The molecule has 0 bridgehead atoms. The van der Waals surface area contributed by atoms with Gasteiger partial charge in [0.15, 0.2) is 0 Å². The van der Waals surface area contributed by atoms with Gasteiger partial charge in [0.05, 0.1) is 11.8 Å². The lowest BCUT2D eigenvalue weighted by molar-refractivity contribution is -0.152. The first kappa shape index (κ1) is 19.5. The van der Waals surface area contributed by atoms with Gasteiger partial charge in [-0.3, -0.25) is 24.6 Å². The van der Waals surface area contributed by atoms with Crippen LogP contribution in [0.25, 0.3) is 0 Å². The monoisotopic (exact) mass is 372 g/mol. The number of hydrogen-bond acceptors (Lipinski definition) is 4. The summed E-state index contributed by atoms with van der Waals surface area (Å²) in [7, 11) is 0. The number of carbonyl (C=O) groups excluding carboxylic acids is 2. The number of hydrogen-bond donors (Lipinski definition) is 2. The quantitative estimate of drug-likeness (QED) is 0.719. The van der Waals surface area contributed by atoms with Crippen LogP contribution in [0, 0.1) is 17.8 Å². The molecule has 0 aliphatic carbocycles. The van der Waals surface area contributed by atoms with Gasteiger partial charge >= 0.3 is 5.97 Å². The zero-order chi connectivity index (χ0) is 19.8. The second-order valence-electron chi connectivity index (χ2n) is 8.09. The van der Waals surface area contributed by atoms with Crippen molar-refractivity contribution in [2.75, 3.05) is 6.54 Å². The summed E-state index contributed by atoms with van der Waals surface area (Å²) in [6.45, 7) is 6.24. The zero-order valence-corrected chi connectivity index (χ0v) is 16.1. The van der Waals surface area contributed by atoms with E-state index >= 15 is 0 Å². The number of nitrogens with one attached hydrogen (secondary N) is 1. The fourth-order valence-electron chi connectivity index (χ4n) is 4.66. The van der Waals surface area contributed by atoms with E-state index in [0.29, 0.717) is 13.0 Å². The molecule has 0 saturated carbocycles. The van der Waals surface area contributed by atoms with E-state index < -0.39 is 29.4 Å². The van der Waals surface area contributed by atoms with Gasteiger partial charge < -0.3 is 5.11 Å².